The molecule has 0 spiro atoms. The lowest BCUT2D eigenvalue weighted by Crippen LogP contribution is -2.07. The monoisotopic (exact) mass is 406 g/mol. The summed E-state index contributed by atoms with van der Waals surface area (Å²) in [4.78, 5) is 7.05. The van der Waals surface area contributed by atoms with Crippen LogP contribution in [0, 0.1) is 0 Å². The summed E-state index contributed by atoms with van der Waals surface area (Å²) in [5, 5.41) is 7.66. The molecule has 0 amide bonds. The van der Waals surface area contributed by atoms with Crippen molar-refractivity contribution >= 4 is 20.9 Å². The average Bonchev–Trinajstić information content (AvgIpc) is 3.28. The predicted octanol–water partition coefficient (Wildman–Crippen LogP) is 3.95. The molecule has 4 rings (SSSR count). The molecule has 144 valence electrons. The highest BCUT2D eigenvalue weighted by atomic mass is 32.2. The van der Waals surface area contributed by atoms with E-state index in [4.69, 9.17) is 0 Å². The van der Waals surface area contributed by atoms with Crippen LogP contribution in [-0.2, 0) is 21.8 Å². The molecule has 0 unspecified atom stereocenters. The Kier molecular flexibility index (Phi) is 4.22. The van der Waals surface area contributed by atoms with Crippen molar-refractivity contribution in [3.05, 3.63) is 66.0 Å². The van der Waals surface area contributed by atoms with Crippen LogP contribution < -0.4 is 0 Å². The van der Waals surface area contributed by atoms with Gasteiger partial charge in [0.05, 0.1) is 21.9 Å². The van der Waals surface area contributed by atoms with Gasteiger partial charge in [-0.15, -0.1) is 0 Å². The number of pyridine rings is 1. The Morgan fingerprint density at radius 1 is 1.07 bits per heavy atom. The van der Waals surface area contributed by atoms with Crippen LogP contribution in [-0.4, -0.2) is 28.6 Å². The van der Waals surface area contributed by atoms with E-state index >= 15 is 0 Å². The minimum atomic E-state index is -4.46. The molecule has 0 aliphatic rings. The van der Waals surface area contributed by atoms with Gasteiger partial charge in [0.15, 0.2) is 15.5 Å². The van der Waals surface area contributed by atoms with Crippen LogP contribution in [0.15, 0.2) is 59.8 Å². The molecular weight excluding hydrogens is 393 g/mol. The number of hydrogen-bond donors (Lipinski definition) is 2. The minimum Gasteiger partial charge on any atom is -0.359 e. The summed E-state index contributed by atoms with van der Waals surface area (Å²) < 4.78 is 63.2. The van der Waals surface area contributed by atoms with Crippen molar-refractivity contribution in [2.24, 2.45) is 0 Å². The van der Waals surface area contributed by atoms with E-state index in [1.165, 1.54) is 24.4 Å². The first kappa shape index (κ1) is 18.2. The molecule has 1 aromatic carbocycles. The standard InChI is InChI=1S/C18H13F3N4O2S/c19-18(20,21)12-5-3-11(4-6-12)10-28(26,27)13-8-15(23-9-13)16-14-2-1-7-22-17(14)25-24-16/h1-9,23H,10H2,(H,22,24,25). The Hall–Kier alpha value is -3.14. The zero-order valence-electron chi connectivity index (χ0n) is 14.2. The van der Waals surface area contributed by atoms with Crippen LogP contribution in [0.2, 0.25) is 0 Å². The van der Waals surface area contributed by atoms with E-state index in [-0.39, 0.29) is 10.5 Å². The zero-order valence-corrected chi connectivity index (χ0v) is 15.0. The summed E-state index contributed by atoms with van der Waals surface area (Å²) in [5.74, 6) is -0.411. The number of fused-ring (bicyclic) bond motifs is 1. The number of nitrogens with one attached hydrogen (secondary N) is 2. The van der Waals surface area contributed by atoms with E-state index in [2.05, 4.69) is 20.2 Å². The van der Waals surface area contributed by atoms with Crippen molar-refractivity contribution in [3.8, 4) is 11.4 Å². The normalized spacial score (nSPS) is 12.5. The summed E-state index contributed by atoms with van der Waals surface area (Å²) in [7, 11) is -3.75. The molecule has 3 aromatic heterocycles. The Morgan fingerprint density at radius 2 is 1.82 bits per heavy atom. The SMILES string of the molecule is O=S(=O)(Cc1ccc(C(F)(F)F)cc1)c1c[nH]c(-c2n[nH]c3ncccc23)c1. The first-order valence-electron chi connectivity index (χ1n) is 8.11. The highest BCUT2D eigenvalue weighted by Crippen LogP contribution is 2.30. The number of benzene rings is 1. The van der Waals surface area contributed by atoms with Gasteiger partial charge < -0.3 is 4.98 Å². The lowest BCUT2D eigenvalue weighted by Gasteiger charge is -2.07. The van der Waals surface area contributed by atoms with Gasteiger partial charge >= 0.3 is 6.18 Å². The van der Waals surface area contributed by atoms with E-state index < -0.39 is 27.3 Å². The van der Waals surface area contributed by atoms with Crippen LogP contribution in [0.4, 0.5) is 13.2 Å². The Balaban J connectivity index is 1.61. The van der Waals surface area contributed by atoms with Crippen molar-refractivity contribution in [2.75, 3.05) is 0 Å². The maximum Gasteiger partial charge on any atom is 0.416 e. The maximum absolute atomic E-state index is 12.6. The van der Waals surface area contributed by atoms with Gasteiger partial charge in [-0.25, -0.2) is 13.4 Å². The summed E-state index contributed by atoms with van der Waals surface area (Å²) in [5.41, 5.74) is 1.03. The number of hydrogen-bond acceptors (Lipinski definition) is 4. The van der Waals surface area contributed by atoms with Crippen molar-refractivity contribution in [1.82, 2.24) is 20.2 Å². The van der Waals surface area contributed by atoms with Crippen LogP contribution in [0.1, 0.15) is 11.1 Å². The molecule has 10 heteroatoms. The summed E-state index contributed by atoms with van der Waals surface area (Å²) in [6, 6.07) is 9.07. The van der Waals surface area contributed by atoms with E-state index in [1.54, 1.807) is 18.3 Å². The van der Waals surface area contributed by atoms with Gasteiger partial charge in [0.1, 0.15) is 5.69 Å². The van der Waals surface area contributed by atoms with Crippen LogP contribution >= 0.6 is 0 Å². The van der Waals surface area contributed by atoms with E-state index in [1.807, 2.05) is 0 Å². The highest BCUT2D eigenvalue weighted by Gasteiger charge is 2.30. The van der Waals surface area contributed by atoms with Gasteiger partial charge in [-0.2, -0.15) is 18.3 Å². The fraction of sp³-hybridized carbons (Fsp3) is 0.111. The minimum absolute atomic E-state index is 0.0300. The summed E-state index contributed by atoms with van der Waals surface area (Å²) in [6.45, 7) is 0. The molecule has 0 saturated heterocycles. The molecule has 0 bridgehead atoms. The fourth-order valence-electron chi connectivity index (χ4n) is 2.84. The second kappa shape index (κ2) is 6.48. The molecule has 0 aliphatic carbocycles. The zero-order chi connectivity index (χ0) is 19.9. The van der Waals surface area contributed by atoms with Gasteiger partial charge in [0.2, 0.25) is 0 Å². The van der Waals surface area contributed by atoms with Crippen LogP contribution in [0.3, 0.4) is 0 Å². The number of halogens is 3. The molecule has 0 aliphatic heterocycles. The number of sulfone groups is 1. The molecule has 4 aromatic rings. The van der Waals surface area contributed by atoms with Crippen LogP contribution in [0.25, 0.3) is 22.4 Å². The third-order valence-corrected chi connectivity index (χ3v) is 5.91. The van der Waals surface area contributed by atoms with Gasteiger partial charge in [-0.05, 0) is 35.9 Å². The van der Waals surface area contributed by atoms with E-state index in [0.29, 0.717) is 17.0 Å². The molecule has 6 nitrogen and oxygen atoms in total. The molecule has 0 atom stereocenters. The van der Waals surface area contributed by atoms with Gasteiger partial charge in [0, 0.05) is 17.8 Å². The average molecular weight is 406 g/mol. The number of H-pyrrole nitrogens is 2. The van der Waals surface area contributed by atoms with Crippen molar-refractivity contribution in [1.29, 1.82) is 0 Å². The second-order valence-electron chi connectivity index (χ2n) is 6.17. The second-order valence-corrected chi connectivity index (χ2v) is 8.16. The highest BCUT2D eigenvalue weighted by molar-refractivity contribution is 7.90. The van der Waals surface area contributed by atoms with Gasteiger partial charge in [-0.3, -0.25) is 5.10 Å². The van der Waals surface area contributed by atoms with Gasteiger partial charge in [0.25, 0.3) is 0 Å². The Morgan fingerprint density at radius 3 is 2.54 bits per heavy atom. The largest absolute Gasteiger partial charge is 0.416 e. The summed E-state index contributed by atoms with van der Waals surface area (Å²) in [6.07, 6.45) is -1.52. The first-order chi connectivity index (χ1) is 13.2. The van der Waals surface area contributed by atoms with Crippen LogP contribution in [0.5, 0.6) is 0 Å². The smallest absolute Gasteiger partial charge is 0.359 e. The predicted molar refractivity (Wildman–Crippen MR) is 96.0 cm³/mol. The fourth-order valence-corrected chi connectivity index (χ4v) is 4.18. The number of aromatic amines is 2. The Labute approximate surface area is 157 Å². The topological polar surface area (TPSA) is 91.5 Å². The van der Waals surface area contributed by atoms with Crippen molar-refractivity contribution < 1.29 is 21.6 Å². The Bertz CT molecular complexity index is 1240. The third kappa shape index (κ3) is 3.38. The van der Waals surface area contributed by atoms with E-state index in [0.717, 1.165) is 17.5 Å². The molecule has 2 N–H and O–H groups in total. The van der Waals surface area contributed by atoms with Crippen molar-refractivity contribution in [3.63, 3.8) is 0 Å². The summed E-state index contributed by atoms with van der Waals surface area (Å²) >= 11 is 0. The lowest BCUT2D eigenvalue weighted by molar-refractivity contribution is -0.137. The molecular formula is C18H13F3N4O2S. The van der Waals surface area contributed by atoms with Gasteiger partial charge in [-0.1, -0.05) is 12.1 Å². The van der Waals surface area contributed by atoms with E-state index in [9.17, 15) is 21.6 Å². The number of alkyl halides is 3. The number of aromatic nitrogens is 4. The lowest BCUT2D eigenvalue weighted by atomic mass is 10.1. The molecule has 0 radical (unpaired) electrons. The quantitative estimate of drug-likeness (QED) is 0.537. The molecule has 3 heterocycles. The molecule has 28 heavy (non-hydrogen) atoms. The third-order valence-electron chi connectivity index (χ3n) is 4.25. The number of nitrogens with zero attached hydrogens (tertiary/aromatic N) is 2. The molecule has 0 fully saturated rings. The van der Waals surface area contributed by atoms with Crippen molar-refractivity contribution in [2.45, 2.75) is 16.8 Å². The maximum atomic E-state index is 12.6. The number of rotatable bonds is 4. The first-order valence-corrected chi connectivity index (χ1v) is 9.76. The molecule has 0 saturated carbocycles.